The zero-order valence-electron chi connectivity index (χ0n) is 15.8. The van der Waals surface area contributed by atoms with E-state index < -0.39 is 0 Å². The Labute approximate surface area is 160 Å². The largest absolute Gasteiger partial charge is 0.356 e. The Bertz CT molecular complexity index is 717. The highest BCUT2D eigenvalue weighted by atomic mass is 19.1. The van der Waals surface area contributed by atoms with Crippen LogP contribution in [0.2, 0.25) is 0 Å². The third kappa shape index (κ3) is 8.03. The second-order valence-electron chi connectivity index (χ2n) is 6.57. The zero-order chi connectivity index (χ0) is 19.5. The monoisotopic (exact) mass is 370 g/mol. The van der Waals surface area contributed by atoms with Crippen molar-refractivity contribution in [2.45, 2.75) is 32.6 Å². The molecule has 5 heteroatoms. The summed E-state index contributed by atoms with van der Waals surface area (Å²) in [5.74, 6) is -0.379. The second kappa shape index (κ2) is 11.1. The molecule has 0 aliphatic heterocycles. The number of aryl methyl sites for hydroxylation is 1. The fraction of sp³-hybridized carbons (Fsp3) is 0.364. The quantitative estimate of drug-likeness (QED) is 0.652. The molecule has 2 aromatic carbocycles. The van der Waals surface area contributed by atoms with E-state index in [0.717, 1.165) is 18.4 Å². The van der Waals surface area contributed by atoms with Gasteiger partial charge in [-0.15, -0.1) is 0 Å². The summed E-state index contributed by atoms with van der Waals surface area (Å²) in [4.78, 5) is 25.4. The van der Waals surface area contributed by atoms with Gasteiger partial charge in [-0.05, 0) is 42.5 Å². The molecule has 0 fully saturated rings. The number of benzene rings is 2. The molecule has 2 amide bonds. The van der Waals surface area contributed by atoms with Crippen LogP contribution in [0.3, 0.4) is 0 Å². The molecule has 4 nitrogen and oxygen atoms in total. The van der Waals surface area contributed by atoms with Crippen molar-refractivity contribution < 1.29 is 14.0 Å². The lowest BCUT2D eigenvalue weighted by Crippen LogP contribution is -2.35. The van der Waals surface area contributed by atoms with Gasteiger partial charge in [0.25, 0.3) is 0 Å². The minimum absolute atomic E-state index is 0.0453. The first-order valence-electron chi connectivity index (χ1n) is 9.35. The summed E-state index contributed by atoms with van der Waals surface area (Å²) in [7, 11) is 0. The van der Waals surface area contributed by atoms with Gasteiger partial charge in [-0.3, -0.25) is 9.59 Å². The molecule has 0 radical (unpaired) electrons. The molecule has 0 saturated carbocycles. The van der Waals surface area contributed by atoms with Crippen LogP contribution < -0.4 is 5.32 Å². The van der Waals surface area contributed by atoms with Crippen LogP contribution in [0.25, 0.3) is 0 Å². The molecule has 27 heavy (non-hydrogen) atoms. The number of nitrogens with one attached hydrogen (secondary N) is 1. The van der Waals surface area contributed by atoms with Gasteiger partial charge in [0.05, 0.1) is 0 Å². The fourth-order valence-corrected chi connectivity index (χ4v) is 2.83. The molecular weight excluding hydrogens is 343 g/mol. The first kappa shape index (κ1) is 20.6. The normalized spacial score (nSPS) is 10.4. The highest BCUT2D eigenvalue weighted by Crippen LogP contribution is 2.06. The van der Waals surface area contributed by atoms with Gasteiger partial charge in [-0.25, -0.2) is 4.39 Å². The van der Waals surface area contributed by atoms with Gasteiger partial charge in [0.15, 0.2) is 0 Å². The van der Waals surface area contributed by atoms with Crippen LogP contribution in [0, 0.1) is 5.82 Å². The van der Waals surface area contributed by atoms with Gasteiger partial charge in [-0.2, -0.15) is 0 Å². The van der Waals surface area contributed by atoms with Crippen LogP contribution in [-0.4, -0.2) is 36.3 Å². The van der Waals surface area contributed by atoms with Gasteiger partial charge in [0.2, 0.25) is 11.8 Å². The van der Waals surface area contributed by atoms with E-state index in [1.165, 1.54) is 24.6 Å². The summed E-state index contributed by atoms with van der Waals surface area (Å²) in [6, 6.07) is 16.4. The topological polar surface area (TPSA) is 49.4 Å². The average molecular weight is 370 g/mol. The van der Waals surface area contributed by atoms with E-state index in [4.69, 9.17) is 0 Å². The van der Waals surface area contributed by atoms with Gasteiger partial charge in [0, 0.05) is 33.0 Å². The SMILES string of the molecule is CC(=O)N(CCC(=O)NCCCc1ccccc1)CCc1ccc(F)cc1. The fourth-order valence-electron chi connectivity index (χ4n) is 2.83. The molecule has 2 aromatic rings. The number of carbonyl (C=O) groups is 2. The summed E-state index contributed by atoms with van der Waals surface area (Å²) in [6.45, 7) is 3.04. The molecule has 0 spiro atoms. The van der Waals surface area contributed by atoms with Gasteiger partial charge in [-0.1, -0.05) is 42.5 Å². The van der Waals surface area contributed by atoms with Crippen molar-refractivity contribution in [3.8, 4) is 0 Å². The number of halogens is 1. The summed E-state index contributed by atoms with van der Waals surface area (Å²) in [5.41, 5.74) is 2.23. The molecule has 2 rings (SSSR count). The van der Waals surface area contributed by atoms with Crippen LogP contribution in [0.15, 0.2) is 54.6 Å². The lowest BCUT2D eigenvalue weighted by Gasteiger charge is -2.21. The maximum Gasteiger partial charge on any atom is 0.221 e. The number of nitrogens with zero attached hydrogens (tertiary/aromatic N) is 1. The zero-order valence-corrected chi connectivity index (χ0v) is 15.8. The first-order chi connectivity index (χ1) is 13.0. The Morgan fingerprint density at radius 2 is 1.59 bits per heavy atom. The molecule has 0 heterocycles. The highest BCUT2D eigenvalue weighted by Gasteiger charge is 2.11. The molecule has 0 atom stereocenters. The Kier molecular flexibility index (Phi) is 8.49. The third-order valence-corrected chi connectivity index (χ3v) is 4.44. The van der Waals surface area contributed by atoms with E-state index in [0.29, 0.717) is 26.1 Å². The molecule has 0 unspecified atom stereocenters. The smallest absolute Gasteiger partial charge is 0.221 e. The predicted molar refractivity (Wildman–Crippen MR) is 105 cm³/mol. The van der Waals surface area contributed by atoms with Crippen LogP contribution in [-0.2, 0) is 22.4 Å². The van der Waals surface area contributed by atoms with Crippen molar-refractivity contribution in [2.24, 2.45) is 0 Å². The lowest BCUT2D eigenvalue weighted by atomic mass is 10.1. The molecule has 1 N–H and O–H groups in total. The molecule has 0 saturated heterocycles. The van der Waals surface area contributed by atoms with E-state index in [9.17, 15) is 14.0 Å². The van der Waals surface area contributed by atoms with E-state index in [2.05, 4.69) is 17.4 Å². The van der Waals surface area contributed by atoms with Crippen molar-refractivity contribution in [1.29, 1.82) is 0 Å². The number of hydrogen-bond donors (Lipinski definition) is 1. The van der Waals surface area contributed by atoms with Crippen molar-refractivity contribution in [2.75, 3.05) is 19.6 Å². The number of rotatable bonds is 10. The minimum Gasteiger partial charge on any atom is -0.356 e. The van der Waals surface area contributed by atoms with Gasteiger partial charge < -0.3 is 10.2 Å². The van der Waals surface area contributed by atoms with E-state index >= 15 is 0 Å². The minimum atomic E-state index is -0.272. The second-order valence-corrected chi connectivity index (χ2v) is 6.57. The first-order valence-corrected chi connectivity index (χ1v) is 9.35. The van der Waals surface area contributed by atoms with Gasteiger partial charge >= 0.3 is 0 Å². The van der Waals surface area contributed by atoms with E-state index in [1.54, 1.807) is 17.0 Å². The van der Waals surface area contributed by atoms with Crippen molar-refractivity contribution in [1.82, 2.24) is 10.2 Å². The molecular formula is C22H27FN2O2. The lowest BCUT2D eigenvalue weighted by molar-refractivity contribution is -0.129. The summed E-state index contributed by atoms with van der Waals surface area (Å²) < 4.78 is 12.9. The molecule has 0 bridgehead atoms. The Morgan fingerprint density at radius 3 is 2.26 bits per heavy atom. The van der Waals surface area contributed by atoms with Crippen molar-refractivity contribution in [3.05, 3.63) is 71.5 Å². The average Bonchev–Trinajstić information content (AvgIpc) is 2.67. The number of amides is 2. The number of carbonyl (C=O) groups excluding carboxylic acids is 2. The standard InChI is InChI=1S/C22H27FN2O2/c1-18(26)25(16-13-20-9-11-21(23)12-10-20)17-14-22(27)24-15-5-8-19-6-3-2-4-7-19/h2-4,6-7,9-12H,5,8,13-17H2,1H3,(H,24,27). The Balaban J connectivity index is 1.65. The van der Waals surface area contributed by atoms with Crippen LogP contribution >= 0.6 is 0 Å². The molecule has 0 aliphatic rings. The van der Waals surface area contributed by atoms with Crippen LogP contribution in [0.1, 0.15) is 30.9 Å². The Hall–Kier alpha value is -2.69. The van der Waals surface area contributed by atoms with Gasteiger partial charge in [0.1, 0.15) is 5.82 Å². The maximum absolute atomic E-state index is 12.9. The Morgan fingerprint density at radius 1 is 0.926 bits per heavy atom. The molecule has 0 aliphatic carbocycles. The van der Waals surface area contributed by atoms with Crippen LogP contribution in [0.5, 0.6) is 0 Å². The molecule has 0 aromatic heterocycles. The highest BCUT2D eigenvalue weighted by molar-refractivity contribution is 5.78. The summed E-state index contributed by atoms with van der Waals surface area (Å²) in [6.07, 6.45) is 2.74. The summed E-state index contributed by atoms with van der Waals surface area (Å²) >= 11 is 0. The molecule has 144 valence electrons. The van der Waals surface area contributed by atoms with Crippen molar-refractivity contribution in [3.63, 3.8) is 0 Å². The third-order valence-electron chi connectivity index (χ3n) is 4.44. The maximum atomic E-state index is 12.9. The number of hydrogen-bond acceptors (Lipinski definition) is 2. The summed E-state index contributed by atoms with van der Waals surface area (Å²) in [5, 5.41) is 2.91. The van der Waals surface area contributed by atoms with Crippen LogP contribution in [0.4, 0.5) is 4.39 Å². The van der Waals surface area contributed by atoms with E-state index in [1.807, 2.05) is 18.2 Å². The predicted octanol–water partition coefficient (Wildman–Crippen LogP) is 3.36. The van der Waals surface area contributed by atoms with Crippen molar-refractivity contribution >= 4 is 11.8 Å². The van der Waals surface area contributed by atoms with E-state index in [-0.39, 0.29) is 24.1 Å².